The van der Waals surface area contributed by atoms with Crippen molar-refractivity contribution in [3.8, 4) is 0 Å². The molecule has 0 aliphatic heterocycles. The van der Waals surface area contributed by atoms with Gasteiger partial charge in [0.2, 0.25) is 0 Å². The largest absolute Gasteiger partial charge is 0.457 e. The van der Waals surface area contributed by atoms with Crippen molar-refractivity contribution in [1.29, 1.82) is 0 Å². The van der Waals surface area contributed by atoms with Crippen LogP contribution in [-0.4, -0.2) is 37.0 Å². The molecule has 0 heterocycles. The van der Waals surface area contributed by atoms with Crippen LogP contribution in [0.25, 0.3) is 0 Å². The number of carbonyl (C=O) groups is 1. The average molecular weight is 589 g/mol. The molecule has 0 spiro atoms. The minimum absolute atomic E-state index is 0.183. The van der Waals surface area contributed by atoms with E-state index in [1.807, 2.05) is 0 Å². The summed E-state index contributed by atoms with van der Waals surface area (Å²) in [7, 11) is 0. The van der Waals surface area contributed by atoms with Gasteiger partial charge in [-0.2, -0.15) is 0 Å². The standard InChI is InChI=1S/C38H68O4/c1-3-5-7-9-11-13-15-17-19-20-22-24-26-28-30-32-34-41-36-37(35-39)42-38(40)33-31-29-27-25-23-21-18-16-14-12-10-8-6-4-2/h10-13,16-19,37,39H,3-9,14-15,20-36H2,1-2H3/b12-10-,13-11-,18-16-,19-17-. The first kappa shape index (κ1) is 40.4. The number of aliphatic hydroxyl groups excluding tert-OH is 1. The Morgan fingerprint density at radius 3 is 1.55 bits per heavy atom. The Bertz CT molecular complexity index is 664. The molecule has 0 radical (unpaired) electrons. The molecule has 42 heavy (non-hydrogen) atoms. The van der Waals surface area contributed by atoms with Crippen LogP contribution in [0, 0.1) is 0 Å². The lowest BCUT2D eigenvalue weighted by Crippen LogP contribution is -2.27. The molecule has 0 saturated carbocycles. The highest BCUT2D eigenvalue weighted by molar-refractivity contribution is 5.69. The summed E-state index contributed by atoms with van der Waals surface area (Å²) >= 11 is 0. The van der Waals surface area contributed by atoms with Gasteiger partial charge in [0.1, 0.15) is 6.10 Å². The fourth-order valence-corrected chi connectivity index (χ4v) is 4.67. The summed E-state index contributed by atoms with van der Waals surface area (Å²) in [6, 6.07) is 0. The molecule has 0 aliphatic rings. The zero-order chi connectivity index (χ0) is 30.6. The van der Waals surface area contributed by atoms with Crippen molar-refractivity contribution in [3.63, 3.8) is 0 Å². The first-order valence-corrected chi connectivity index (χ1v) is 17.7. The Labute approximate surface area is 261 Å². The molecular weight excluding hydrogens is 520 g/mol. The average Bonchev–Trinajstić information content (AvgIpc) is 3.00. The van der Waals surface area contributed by atoms with Crippen LogP contribution in [-0.2, 0) is 14.3 Å². The van der Waals surface area contributed by atoms with Gasteiger partial charge in [0.05, 0.1) is 13.2 Å². The van der Waals surface area contributed by atoms with Crippen LogP contribution in [0.5, 0.6) is 0 Å². The van der Waals surface area contributed by atoms with Crippen molar-refractivity contribution in [2.45, 2.75) is 168 Å². The van der Waals surface area contributed by atoms with Crippen molar-refractivity contribution in [2.75, 3.05) is 19.8 Å². The molecule has 0 bridgehead atoms. The minimum atomic E-state index is -0.546. The Morgan fingerprint density at radius 2 is 1.02 bits per heavy atom. The summed E-state index contributed by atoms with van der Waals surface area (Å²) in [5.41, 5.74) is 0. The van der Waals surface area contributed by atoms with Gasteiger partial charge in [0, 0.05) is 13.0 Å². The van der Waals surface area contributed by atoms with Crippen LogP contribution in [0.1, 0.15) is 162 Å². The van der Waals surface area contributed by atoms with Gasteiger partial charge < -0.3 is 14.6 Å². The summed E-state index contributed by atoms with van der Waals surface area (Å²) < 4.78 is 11.1. The number of hydrogen-bond acceptors (Lipinski definition) is 4. The van der Waals surface area contributed by atoms with Crippen LogP contribution in [0.2, 0.25) is 0 Å². The molecule has 4 heteroatoms. The number of rotatable bonds is 32. The van der Waals surface area contributed by atoms with Gasteiger partial charge in [-0.15, -0.1) is 0 Å². The van der Waals surface area contributed by atoms with Gasteiger partial charge in [-0.3, -0.25) is 4.79 Å². The van der Waals surface area contributed by atoms with Crippen LogP contribution < -0.4 is 0 Å². The van der Waals surface area contributed by atoms with Gasteiger partial charge in [0.25, 0.3) is 0 Å². The lowest BCUT2D eigenvalue weighted by molar-refractivity contribution is -0.154. The number of aliphatic hydroxyl groups is 1. The van der Waals surface area contributed by atoms with Crippen molar-refractivity contribution in [1.82, 2.24) is 0 Å². The van der Waals surface area contributed by atoms with E-state index in [9.17, 15) is 9.90 Å². The predicted molar refractivity (Wildman–Crippen MR) is 182 cm³/mol. The zero-order valence-electron chi connectivity index (χ0n) is 27.8. The predicted octanol–water partition coefficient (Wildman–Crippen LogP) is 11.1. The van der Waals surface area contributed by atoms with Crippen molar-refractivity contribution in [3.05, 3.63) is 48.6 Å². The highest BCUT2D eigenvalue weighted by Crippen LogP contribution is 2.11. The van der Waals surface area contributed by atoms with E-state index >= 15 is 0 Å². The van der Waals surface area contributed by atoms with Crippen molar-refractivity contribution in [2.24, 2.45) is 0 Å². The number of unbranched alkanes of at least 4 members (excludes halogenated alkanes) is 16. The highest BCUT2D eigenvalue weighted by atomic mass is 16.6. The van der Waals surface area contributed by atoms with E-state index < -0.39 is 6.10 Å². The molecule has 1 atom stereocenters. The lowest BCUT2D eigenvalue weighted by Gasteiger charge is -2.15. The van der Waals surface area contributed by atoms with Gasteiger partial charge in [-0.25, -0.2) is 0 Å². The highest BCUT2D eigenvalue weighted by Gasteiger charge is 2.13. The van der Waals surface area contributed by atoms with Gasteiger partial charge in [-0.1, -0.05) is 133 Å². The first-order chi connectivity index (χ1) is 20.7. The number of allylic oxidation sites excluding steroid dienone is 8. The van der Waals surface area contributed by atoms with E-state index in [4.69, 9.17) is 9.47 Å². The van der Waals surface area contributed by atoms with Crippen LogP contribution in [0.15, 0.2) is 48.6 Å². The second-order valence-electron chi connectivity index (χ2n) is 11.6. The van der Waals surface area contributed by atoms with Crippen molar-refractivity contribution < 1.29 is 19.4 Å². The Balaban J connectivity index is 3.51. The molecule has 1 N–H and O–H groups in total. The zero-order valence-corrected chi connectivity index (χ0v) is 27.8. The first-order valence-electron chi connectivity index (χ1n) is 17.7. The number of hydrogen-bond donors (Lipinski definition) is 1. The third-order valence-electron chi connectivity index (χ3n) is 7.38. The van der Waals surface area contributed by atoms with E-state index in [1.165, 1.54) is 89.9 Å². The fourth-order valence-electron chi connectivity index (χ4n) is 4.67. The van der Waals surface area contributed by atoms with Crippen molar-refractivity contribution >= 4 is 5.97 Å². The van der Waals surface area contributed by atoms with E-state index in [1.54, 1.807) is 0 Å². The molecule has 0 aromatic rings. The van der Waals surface area contributed by atoms with Crippen LogP contribution >= 0.6 is 0 Å². The number of ether oxygens (including phenoxy) is 2. The second-order valence-corrected chi connectivity index (χ2v) is 11.6. The van der Waals surface area contributed by atoms with Crippen LogP contribution in [0.3, 0.4) is 0 Å². The van der Waals surface area contributed by atoms with Crippen LogP contribution in [0.4, 0.5) is 0 Å². The molecule has 0 saturated heterocycles. The van der Waals surface area contributed by atoms with E-state index in [0.717, 1.165) is 51.4 Å². The molecule has 0 aromatic heterocycles. The monoisotopic (exact) mass is 589 g/mol. The molecule has 0 amide bonds. The van der Waals surface area contributed by atoms with Gasteiger partial charge in [0.15, 0.2) is 0 Å². The summed E-state index contributed by atoms with van der Waals surface area (Å²) in [6.07, 6.45) is 44.3. The topological polar surface area (TPSA) is 55.8 Å². The minimum Gasteiger partial charge on any atom is -0.457 e. The van der Waals surface area contributed by atoms with Gasteiger partial charge >= 0.3 is 5.97 Å². The Morgan fingerprint density at radius 1 is 0.571 bits per heavy atom. The molecule has 1 unspecified atom stereocenters. The van der Waals surface area contributed by atoms with Gasteiger partial charge in [-0.05, 0) is 70.6 Å². The maximum absolute atomic E-state index is 12.1. The summed E-state index contributed by atoms with van der Waals surface area (Å²) in [4.78, 5) is 12.1. The smallest absolute Gasteiger partial charge is 0.306 e. The molecule has 0 aliphatic carbocycles. The summed E-state index contributed by atoms with van der Waals surface area (Å²) in [6.45, 7) is 5.23. The number of carbonyl (C=O) groups excluding carboxylic acids is 1. The molecule has 0 aromatic carbocycles. The molecular formula is C38H68O4. The SMILES string of the molecule is CCCC/C=C\C/C=C\CCCCCCCC(=O)OC(CO)COCCCCCCCC/C=C\C/C=C\CCCCC. The molecule has 244 valence electrons. The normalized spacial score (nSPS) is 12.9. The third kappa shape index (κ3) is 32.9. The molecule has 0 rings (SSSR count). The summed E-state index contributed by atoms with van der Waals surface area (Å²) in [5.74, 6) is -0.221. The third-order valence-corrected chi connectivity index (χ3v) is 7.38. The maximum Gasteiger partial charge on any atom is 0.306 e. The molecule has 4 nitrogen and oxygen atoms in total. The molecule has 0 fully saturated rings. The Hall–Kier alpha value is -1.65. The lowest BCUT2D eigenvalue weighted by atomic mass is 10.1. The quantitative estimate of drug-likeness (QED) is 0.0482. The summed E-state index contributed by atoms with van der Waals surface area (Å²) in [5, 5.41) is 9.54. The van der Waals surface area contributed by atoms with E-state index in [-0.39, 0.29) is 19.2 Å². The van der Waals surface area contributed by atoms with E-state index in [0.29, 0.717) is 13.0 Å². The van der Waals surface area contributed by atoms with E-state index in [2.05, 4.69) is 62.5 Å². The fraction of sp³-hybridized carbons (Fsp3) is 0.763. The number of esters is 1. The second kappa shape index (κ2) is 35.5. The Kier molecular flexibility index (Phi) is 34.1. The maximum atomic E-state index is 12.1.